The molecule has 3 atom stereocenters. The van der Waals surface area contributed by atoms with Crippen molar-refractivity contribution in [3.8, 4) is 0 Å². The number of aliphatic hydroxyl groups is 1. The van der Waals surface area contributed by atoms with Crippen LogP contribution in [-0.4, -0.2) is 73.4 Å². The quantitative estimate of drug-likeness (QED) is 0.0244. The van der Waals surface area contributed by atoms with Crippen LogP contribution in [0.1, 0.15) is 206 Å². The highest BCUT2D eigenvalue weighted by molar-refractivity contribution is 7.47. The maximum atomic E-state index is 12.9. The summed E-state index contributed by atoms with van der Waals surface area (Å²) in [5.41, 5.74) is 0. The molecule has 0 aliphatic heterocycles. The molecule has 60 heavy (non-hydrogen) atoms. The lowest BCUT2D eigenvalue weighted by Gasteiger charge is -2.25. The van der Waals surface area contributed by atoms with Crippen LogP contribution >= 0.6 is 7.82 Å². The minimum absolute atomic E-state index is 0.0538. The van der Waals surface area contributed by atoms with Crippen LogP contribution in [0.2, 0.25) is 0 Å². The van der Waals surface area contributed by atoms with Gasteiger partial charge in [0, 0.05) is 6.42 Å². The molecule has 350 valence electrons. The Morgan fingerprint density at radius 2 is 0.967 bits per heavy atom. The molecule has 0 spiro atoms. The number of amides is 1. The number of quaternary nitrogens is 1. The average molecular weight is 864 g/mol. The molecule has 3 N–H and O–H groups in total. The molecule has 0 saturated carbocycles. The zero-order valence-electron chi connectivity index (χ0n) is 39.7. The molecular weight excluding hydrogens is 768 g/mol. The highest BCUT2D eigenvalue weighted by Gasteiger charge is 2.27. The fourth-order valence-electron chi connectivity index (χ4n) is 6.77. The molecule has 8 nitrogen and oxygen atoms in total. The molecule has 0 aromatic rings. The molecule has 9 heteroatoms. The van der Waals surface area contributed by atoms with Crippen molar-refractivity contribution in [2.75, 3.05) is 40.9 Å². The van der Waals surface area contributed by atoms with E-state index in [1.807, 2.05) is 27.2 Å². The molecule has 3 unspecified atom stereocenters. The van der Waals surface area contributed by atoms with Crippen molar-refractivity contribution in [2.24, 2.45) is 0 Å². The second-order valence-corrected chi connectivity index (χ2v) is 19.3. The fraction of sp³-hybridized carbons (Fsp3) is 0.784. The zero-order valence-corrected chi connectivity index (χ0v) is 40.6. The molecule has 0 saturated heterocycles. The summed E-state index contributed by atoms with van der Waals surface area (Å²) in [6.07, 6.45) is 56.0. The van der Waals surface area contributed by atoms with Gasteiger partial charge < -0.3 is 19.8 Å². The van der Waals surface area contributed by atoms with E-state index >= 15 is 0 Å². The first-order valence-electron chi connectivity index (χ1n) is 24.7. The maximum absolute atomic E-state index is 12.9. The summed E-state index contributed by atoms with van der Waals surface area (Å²) in [7, 11) is 1.55. The lowest BCUT2D eigenvalue weighted by Crippen LogP contribution is -2.45. The summed E-state index contributed by atoms with van der Waals surface area (Å²) in [5, 5.41) is 13.8. The minimum atomic E-state index is -4.35. The second-order valence-electron chi connectivity index (χ2n) is 17.8. The Balaban J connectivity index is 4.20. The van der Waals surface area contributed by atoms with Gasteiger partial charge >= 0.3 is 7.82 Å². The smallest absolute Gasteiger partial charge is 0.387 e. The summed E-state index contributed by atoms with van der Waals surface area (Å²) in [6.45, 7) is 4.75. The number of phosphoric ester groups is 1. The van der Waals surface area contributed by atoms with E-state index in [-0.39, 0.29) is 19.1 Å². The normalized spacial score (nSPS) is 14.7. The van der Waals surface area contributed by atoms with Crippen LogP contribution < -0.4 is 5.32 Å². The van der Waals surface area contributed by atoms with E-state index in [2.05, 4.69) is 67.8 Å². The SMILES string of the molecule is CCCCCCC/C=C\C/C=C\C/C=C\CCCCCCCCCCCCCCC(=O)NC(COP(=O)(O)OCC[N+](C)(C)C)C(O)/C=C/CC/C=C/CCCCCCC. The van der Waals surface area contributed by atoms with E-state index in [4.69, 9.17) is 9.05 Å². The van der Waals surface area contributed by atoms with Crippen LogP contribution in [0.3, 0.4) is 0 Å². The first-order valence-corrected chi connectivity index (χ1v) is 26.2. The summed E-state index contributed by atoms with van der Waals surface area (Å²) >= 11 is 0. The van der Waals surface area contributed by atoms with Gasteiger partial charge in [-0.05, 0) is 70.6 Å². The van der Waals surface area contributed by atoms with Gasteiger partial charge in [0.1, 0.15) is 13.2 Å². The number of carbonyl (C=O) groups excluding carboxylic acids is 1. The standard InChI is InChI=1S/C51H95N2O6P/c1-6-8-10-12-14-16-18-19-20-21-22-23-24-25-26-27-28-29-30-31-32-33-35-37-39-41-43-45-51(55)52-49(48-59-60(56,57)58-47-46-53(3,4)5)50(54)44-42-40-38-36-34-17-15-13-11-9-7-2/h18-19,21-22,24-25,34,36,42,44,49-50,54H,6-17,20,23,26-33,35,37-41,43,45-48H2,1-5H3,(H-,52,55,56,57)/p+1/b19-18-,22-21-,25-24-,36-34+,44-42+. The van der Waals surface area contributed by atoms with E-state index in [0.29, 0.717) is 17.4 Å². The number of hydrogen-bond acceptors (Lipinski definition) is 5. The third-order valence-corrected chi connectivity index (χ3v) is 11.7. The molecule has 1 amide bonds. The van der Waals surface area contributed by atoms with Crippen molar-refractivity contribution in [1.82, 2.24) is 5.32 Å². The Morgan fingerprint density at radius 1 is 0.567 bits per heavy atom. The van der Waals surface area contributed by atoms with Crippen molar-refractivity contribution < 1.29 is 32.9 Å². The topological polar surface area (TPSA) is 105 Å². The van der Waals surface area contributed by atoms with E-state index in [1.54, 1.807) is 6.08 Å². The Hall–Kier alpha value is -1.80. The Kier molecular flexibility index (Phi) is 41.2. The Labute approximate surface area is 371 Å². The van der Waals surface area contributed by atoms with Crippen molar-refractivity contribution in [1.29, 1.82) is 0 Å². The molecule has 0 aromatic carbocycles. The average Bonchev–Trinajstić information content (AvgIpc) is 3.20. The van der Waals surface area contributed by atoms with Gasteiger partial charge in [-0.3, -0.25) is 13.8 Å². The summed E-state index contributed by atoms with van der Waals surface area (Å²) in [6, 6.07) is -0.864. The monoisotopic (exact) mass is 864 g/mol. The van der Waals surface area contributed by atoms with Crippen LogP contribution in [0.25, 0.3) is 0 Å². The van der Waals surface area contributed by atoms with Crippen molar-refractivity contribution >= 4 is 13.7 Å². The third-order valence-electron chi connectivity index (χ3n) is 10.7. The van der Waals surface area contributed by atoms with Gasteiger partial charge in [0.2, 0.25) is 5.91 Å². The first-order chi connectivity index (χ1) is 29.0. The molecule has 0 aliphatic rings. The van der Waals surface area contributed by atoms with E-state index in [0.717, 1.165) is 51.4 Å². The Morgan fingerprint density at radius 3 is 1.45 bits per heavy atom. The molecule has 0 radical (unpaired) electrons. The number of rotatable bonds is 44. The number of phosphoric acid groups is 1. The van der Waals surface area contributed by atoms with Gasteiger partial charge in [0.25, 0.3) is 0 Å². The van der Waals surface area contributed by atoms with Crippen molar-refractivity contribution in [3.05, 3.63) is 60.8 Å². The molecular formula is C51H96N2O6P+. The lowest BCUT2D eigenvalue weighted by atomic mass is 10.0. The first kappa shape index (κ1) is 58.2. The third kappa shape index (κ3) is 44.3. The summed E-state index contributed by atoms with van der Waals surface area (Å²) < 4.78 is 23.5. The number of likely N-dealkylation sites (N-methyl/N-ethyl adjacent to an activating group) is 1. The molecule has 0 rings (SSSR count). The molecule has 0 fully saturated rings. The number of unbranched alkanes of at least 4 members (excludes halogenated alkanes) is 23. The van der Waals surface area contributed by atoms with Crippen LogP contribution in [0.5, 0.6) is 0 Å². The van der Waals surface area contributed by atoms with Gasteiger partial charge in [-0.1, -0.05) is 190 Å². The number of aliphatic hydroxyl groups excluding tert-OH is 1. The van der Waals surface area contributed by atoms with E-state index in [1.165, 1.54) is 135 Å². The van der Waals surface area contributed by atoms with Gasteiger partial charge in [0.05, 0.1) is 39.9 Å². The molecule has 0 aliphatic carbocycles. The Bertz CT molecular complexity index is 1160. The van der Waals surface area contributed by atoms with Gasteiger partial charge in [0.15, 0.2) is 0 Å². The van der Waals surface area contributed by atoms with Crippen molar-refractivity contribution in [2.45, 2.75) is 219 Å². The van der Waals surface area contributed by atoms with Crippen molar-refractivity contribution in [3.63, 3.8) is 0 Å². The minimum Gasteiger partial charge on any atom is -0.387 e. The van der Waals surface area contributed by atoms with E-state index in [9.17, 15) is 19.4 Å². The summed E-state index contributed by atoms with van der Waals surface area (Å²) in [5.74, 6) is -0.192. The van der Waals surface area contributed by atoms with Gasteiger partial charge in [-0.15, -0.1) is 0 Å². The fourth-order valence-corrected chi connectivity index (χ4v) is 7.50. The number of nitrogens with one attached hydrogen (secondary N) is 1. The molecule has 0 aromatic heterocycles. The van der Waals surface area contributed by atoms with Gasteiger partial charge in [-0.2, -0.15) is 0 Å². The predicted molar refractivity (Wildman–Crippen MR) is 258 cm³/mol. The predicted octanol–water partition coefficient (Wildman–Crippen LogP) is 14.2. The second kappa shape index (κ2) is 42.5. The highest BCUT2D eigenvalue weighted by Crippen LogP contribution is 2.43. The largest absolute Gasteiger partial charge is 0.472 e. The number of allylic oxidation sites excluding steroid dienone is 9. The van der Waals surface area contributed by atoms with Crippen LogP contribution in [-0.2, 0) is 18.4 Å². The number of hydrogen-bond donors (Lipinski definition) is 3. The highest BCUT2D eigenvalue weighted by atomic mass is 31.2. The maximum Gasteiger partial charge on any atom is 0.472 e. The van der Waals surface area contributed by atoms with Crippen LogP contribution in [0, 0.1) is 0 Å². The van der Waals surface area contributed by atoms with Gasteiger partial charge in [-0.25, -0.2) is 4.57 Å². The molecule has 0 bridgehead atoms. The zero-order chi connectivity index (χ0) is 44.3. The van der Waals surface area contributed by atoms with Crippen LogP contribution in [0.4, 0.5) is 0 Å². The van der Waals surface area contributed by atoms with Crippen LogP contribution in [0.15, 0.2) is 60.8 Å². The number of nitrogens with zero attached hydrogens (tertiary/aromatic N) is 1. The molecule has 0 heterocycles. The van der Waals surface area contributed by atoms with E-state index < -0.39 is 20.0 Å². The summed E-state index contributed by atoms with van der Waals surface area (Å²) in [4.78, 5) is 23.1. The number of carbonyl (C=O) groups is 1. The lowest BCUT2D eigenvalue weighted by molar-refractivity contribution is -0.870.